The van der Waals surface area contributed by atoms with E-state index in [0.717, 1.165) is 5.56 Å². The van der Waals surface area contributed by atoms with Crippen molar-refractivity contribution in [2.24, 2.45) is 0 Å². The summed E-state index contributed by atoms with van der Waals surface area (Å²) >= 11 is 0. The quantitative estimate of drug-likeness (QED) is 0.631. The van der Waals surface area contributed by atoms with Gasteiger partial charge in [0, 0.05) is 13.8 Å². The molecule has 1 aromatic rings. The first-order chi connectivity index (χ1) is 10.9. The van der Waals surface area contributed by atoms with Gasteiger partial charge in [-0.15, -0.1) is 0 Å². The third kappa shape index (κ3) is 4.66. The topological polar surface area (TPSA) is 61.8 Å². The van der Waals surface area contributed by atoms with Crippen molar-refractivity contribution in [3.8, 4) is 0 Å². The molecule has 0 aromatic heterocycles. The Bertz CT molecular complexity index is 620. The third-order valence-corrected chi connectivity index (χ3v) is 3.78. The molecule has 5 nitrogen and oxygen atoms in total. The first-order valence-electron chi connectivity index (χ1n) is 7.58. The highest BCUT2D eigenvalue weighted by atomic mass is 16.6. The monoisotopic (exact) mass is 318 g/mol. The van der Waals surface area contributed by atoms with Crippen molar-refractivity contribution in [2.75, 3.05) is 6.61 Å². The van der Waals surface area contributed by atoms with Gasteiger partial charge in [0.15, 0.2) is 0 Å². The third-order valence-electron chi connectivity index (χ3n) is 3.78. The molecule has 1 heterocycles. The molecule has 3 atom stereocenters. The molecular weight excluding hydrogens is 296 g/mol. The minimum absolute atomic E-state index is 0.0406. The van der Waals surface area contributed by atoms with Crippen molar-refractivity contribution in [3.05, 3.63) is 47.0 Å². The van der Waals surface area contributed by atoms with Crippen LogP contribution in [-0.2, 0) is 23.8 Å². The van der Waals surface area contributed by atoms with Gasteiger partial charge in [-0.1, -0.05) is 24.3 Å². The highest BCUT2D eigenvalue weighted by molar-refractivity contribution is 5.67. The van der Waals surface area contributed by atoms with Gasteiger partial charge >= 0.3 is 11.9 Å². The van der Waals surface area contributed by atoms with Crippen molar-refractivity contribution in [3.63, 3.8) is 0 Å². The number of hydrogen-bond donors (Lipinski definition) is 0. The van der Waals surface area contributed by atoms with E-state index in [9.17, 15) is 9.59 Å². The lowest BCUT2D eigenvalue weighted by atomic mass is 9.99. The molecule has 23 heavy (non-hydrogen) atoms. The molecule has 0 saturated heterocycles. The molecule has 0 N–H and O–H groups in total. The Labute approximate surface area is 136 Å². The van der Waals surface area contributed by atoms with E-state index in [4.69, 9.17) is 14.2 Å². The summed E-state index contributed by atoms with van der Waals surface area (Å²) < 4.78 is 16.2. The smallest absolute Gasteiger partial charge is 0.303 e. The zero-order chi connectivity index (χ0) is 17.0. The fraction of sp³-hybridized carbons (Fsp3) is 0.444. The Morgan fingerprint density at radius 1 is 1.09 bits per heavy atom. The zero-order valence-corrected chi connectivity index (χ0v) is 13.9. The molecule has 5 heteroatoms. The number of benzene rings is 1. The maximum atomic E-state index is 11.2. The molecular formula is C18H22O5. The van der Waals surface area contributed by atoms with E-state index in [2.05, 4.69) is 13.0 Å². The van der Waals surface area contributed by atoms with Gasteiger partial charge in [0.2, 0.25) is 0 Å². The van der Waals surface area contributed by atoms with E-state index in [-0.39, 0.29) is 12.7 Å². The van der Waals surface area contributed by atoms with E-state index in [1.807, 2.05) is 25.1 Å². The lowest BCUT2D eigenvalue weighted by Crippen LogP contribution is -2.39. The lowest BCUT2D eigenvalue weighted by Gasteiger charge is -2.31. The van der Waals surface area contributed by atoms with E-state index >= 15 is 0 Å². The second kappa shape index (κ2) is 7.42. The van der Waals surface area contributed by atoms with E-state index in [0.29, 0.717) is 0 Å². The molecule has 0 radical (unpaired) electrons. The van der Waals surface area contributed by atoms with Crippen LogP contribution in [0.2, 0.25) is 0 Å². The normalized spacial score (nSPS) is 23.4. The van der Waals surface area contributed by atoms with Crippen LogP contribution in [0.4, 0.5) is 0 Å². The molecule has 1 aliphatic rings. The fourth-order valence-corrected chi connectivity index (χ4v) is 2.42. The highest BCUT2D eigenvalue weighted by Crippen LogP contribution is 2.29. The summed E-state index contributed by atoms with van der Waals surface area (Å²) in [6.45, 7) is 6.81. The van der Waals surface area contributed by atoms with Crippen LogP contribution >= 0.6 is 0 Å². The summed E-state index contributed by atoms with van der Waals surface area (Å²) in [4.78, 5) is 22.3. The summed E-state index contributed by atoms with van der Waals surface area (Å²) in [6.07, 6.45) is 2.30. The van der Waals surface area contributed by atoms with Crippen LogP contribution < -0.4 is 0 Å². The van der Waals surface area contributed by atoms with Gasteiger partial charge < -0.3 is 14.2 Å². The van der Waals surface area contributed by atoms with Gasteiger partial charge in [-0.25, -0.2) is 0 Å². The van der Waals surface area contributed by atoms with Gasteiger partial charge in [0.1, 0.15) is 24.9 Å². The van der Waals surface area contributed by atoms with Crippen LogP contribution in [0.15, 0.2) is 30.4 Å². The highest BCUT2D eigenvalue weighted by Gasteiger charge is 2.31. The van der Waals surface area contributed by atoms with E-state index < -0.39 is 24.1 Å². The maximum absolute atomic E-state index is 11.2. The number of hydrogen-bond acceptors (Lipinski definition) is 5. The SMILES string of the molecule is CC(=O)OC[C@H]1O[C@H](c2ccc(C)c(C)c2)C=C[C@@H]1OC(C)=O. The maximum Gasteiger partial charge on any atom is 0.303 e. The Morgan fingerprint density at radius 3 is 2.43 bits per heavy atom. The van der Waals surface area contributed by atoms with Crippen LogP contribution in [0.1, 0.15) is 36.6 Å². The van der Waals surface area contributed by atoms with Gasteiger partial charge in [-0.2, -0.15) is 0 Å². The average Bonchev–Trinajstić information content (AvgIpc) is 2.48. The predicted octanol–water partition coefficient (Wildman–Crippen LogP) is 2.79. The van der Waals surface area contributed by atoms with Crippen LogP contribution in [0.25, 0.3) is 0 Å². The zero-order valence-electron chi connectivity index (χ0n) is 13.9. The molecule has 0 spiro atoms. The summed E-state index contributed by atoms with van der Waals surface area (Å²) in [5.74, 6) is -0.798. The second-order valence-electron chi connectivity index (χ2n) is 5.70. The Morgan fingerprint density at radius 2 is 1.83 bits per heavy atom. The van der Waals surface area contributed by atoms with Crippen LogP contribution in [0.3, 0.4) is 0 Å². The number of esters is 2. The molecule has 1 aliphatic heterocycles. The lowest BCUT2D eigenvalue weighted by molar-refractivity contribution is -0.163. The van der Waals surface area contributed by atoms with Gasteiger partial charge in [-0.3, -0.25) is 9.59 Å². The number of carbonyl (C=O) groups is 2. The molecule has 0 unspecified atom stereocenters. The number of rotatable bonds is 4. The Balaban J connectivity index is 2.18. The molecule has 0 amide bonds. The molecule has 0 saturated carbocycles. The Kier molecular flexibility index (Phi) is 5.55. The van der Waals surface area contributed by atoms with Crippen LogP contribution in [-0.4, -0.2) is 30.8 Å². The van der Waals surface area contributed by atoms with E-state index in [1.54, 1.807) is 6.08 Å². The first kappa shape index (κ1) is 17.2. The molecule has 0 aliphatic carbocycles. The predicted molar refractivity (Wildman–Crippen MR) is 84.9 cm³/mol. The van der Waals surface area contributed by atoms with Crippen LogP contribution in [0, 0.1) is 13.8 Å². The molecule has 1 aromatic carbocycles. The van der Waals surface area contributed by atoms with Gasteiger partial charge in [0.05, 0.1) is 0 Å². The standard InChI is InChI=1S/C18H22O5/c1-11-5-6-15(9-12(11)2)16-7-8-17(22-14(4)20)18(23-16)10-21-13(3)19/h5-9,16-18H,10H2,1-4H3/t16-,17-,18+/m0/s1. The fourth-order valence-electron chi connectivity index (χ4n) is 2.42. The van der Waals surface area contributed by atoms with Crippen molar-refractivity contribution < 1.29 is 23.8 Å². The molecule has 0 bridgehead atoms. The number of aryl methyl sites for hydroxylation is 2. The van der Waals surface area contributed by atoms with Crippen molar-refractivity contribution in [1.29, 1.82) is 0 Å². The minimum Gasteiger partial charge on any atom is -0.463 e. The second-order valence-corrected chi connectivity index (χ2v) is 5.70. The summed E-state index contributed by atoms with van der Waals surface area (Å²) in [5, 5.41) is 0. The first-order valence-corrected chi connectivity index (χ1v) is 7.58. The van der Waals surface area contributed by atoms with Crippen molar-refractivity contribution in [1.82, 2.24) is 0 Å². The van der Waals surface area contributed by atoms with E-state index in [1.165, 1.54) is 25.0 Å². The van der Waals surface area contributed by atoms with Crippen molar-refractivity contribution in [2.45, 2.75) is 46.0 Å². The molecule has 2 rings (SSSR count). The molecule has 0 fully saturated rings. The van der Waals surface area contributed by atoms with Gasteiger partial charge in [-0.05, 0) is 36.6 Å². The van der Waals surface area contributed by atoms with Crippen LogP contribution in [0.5, 0.6) is 0 Å². The summed E-state index contributed by atoms with van der Waals surface area (Å²) in [7, 11) is 0. The molecule has 124 valence electrons. The van der Waals surface area contributed by atoms with Gasteiger partial charge in [0.25, 0.3) is 0 Å². The minimum atomic E-state index is -0.561. The number of carbonyl (C=O) groups excluding carboxylic acids is 2. The summed E-state index contributed by atoms with van der Waals surface area (Å²) in [5.41, 5.74) is 3.40. The average molecular weight is 318 g/mol. The Hall–Kier alpha value is -2.14. The van der Waals surface area contributed by atoms with Crippen molar-refractivity contribution >= 4 is 11.9 Å². The largest absolute Gasteiger partial charge is 0.463 e. The number of ether oxygens (including phenoxy) is 3. The summed E-state index contributed by atoms with van der Waals surface area (Å²) in [6, 6.07) is 6.12.